The topological polar surface area (TPSA) is 89.3 Å². The fourth-order valence-electron chi connectivity index (χ4n) is 2.00. The van der Waals surface area contributed by atoms with Crippen LogP contribution in [0.1, 0.15) is 26.2 Å². The maximum Gasteiger partial charge on any atom is 0.270 e. The Morgan fingerprint density at radius 3 is 2.53 bits per heavy atom. The molecule has 6 nitrogen and oxygen atoms in total. The molecule has 1 aromatic carbocycles. The SMILES string of the molecule is CC1(NS(=O)(=O)c2cc([N+](=O)[O-])ccc2Cl)CCC1. The zero-order valence-corrected chi connectivity index (χ0v) is 11.8. The van der Waals surface area contributed by atoms with E-state index in [0.29, 0.717) is 0 Å². The Hall–Kier alpha value is -1.18. The van der Waals surface area contributed by atoms with Gasteiger partial charge in [-0.25, -0.2) is 13.1 Å². The van der Waals surface area contributed by atoms with Crippen LogP contribution in [0.25, 0.3) is 0 Å². The number of nitrogens with one attached hydrogen (secondary N) is 1. The van der Waals surface area contributed by atoms with E-state index in [9.17, 15) is 18.5 Å². The molecule has 104 valence electrons. The maximum absolute atomic E-state index is 12.2. The number of sulfonamides is 1. The van der Waals surface area contributed by atoms with Crippen molar-refractivity contribution in [2.75, 3.05) is 0 Å². The van der Waals surface area contributed by atoms with Gasteiger partial charge in [-0.2, -0.15) is 0 Å². The summed E-state index contributed by atoms with van der Waals surface area (Å²) in [4.78, 5) is 9.79. The molecule has 0 radical (unpaired) electrons. The van der Waals surface area contributed by atoms with E-state index in [4.69, 9.17) is 11.6 Å². The first-order chi connectivity index (χ1) is 8.73. The number of nitro groups is 1. The van der Waals surface area contributed by atoms with Crippen LogP contribution in [-0.4, -0.2) is 18.9 Å². The van der Waals surface area contributed by atoms with Gasteiger partial charge in [-0.15, -0.1) is 0 Å². The number of nitro benzene ring substituents is 1. The molecule has 0 unspecified atom stereocenters. The van der Waals surface area contributed by atoms with E-state index in [1.165, 1.54) is 12.1 Å². The average Bonchev–Trinajstić information content (AvgIpc) is 2.26. The van der Waals surface area contributed by atoms with Crippen LogP contribution in [0.15, 0.2) is 23.1 Å². The molecule has 1 N–H and O–H groups in total. The Morgan fingerprint density at radius 2 is 2.05 bits per heavy atom. The molecule has 19 heavy (non-hydrogen) atoms. The molecule has 1 aliphatic carbocycles. The highest BCUT2D eigenvalue weighted by Crippen LogP contribution is 2.34. The molecule has 1 aromatic rings. The van der Waals surface area contributed by atoms with Crippen LogP contribution in [0.4, 0.5) is 5.69 Å². The third kappa shape index (κ3) is 2.88. The maximum atomic E-state index is 12.2. The normalized spacial score (nSPS) is 17.8. The number of non-ortho nitro benzene ring substituents is 1. The molecule has 0 spiro atoms. The van der Waals surface area contributed by atoms with Crippen LogP contribution >= 0.6 is 11.6 Å². The lowest BCUT2D eigenvalue weighted by molar-refractivity contribution is -0.385. The molecule has 0 bridgehead atoms. The van der Waals surface area contributed by atoms with E-state index in [0.717, 1.165) is 25.3 Å². The zero-order valence-electron chi connectivity index (χ0n) is 10.2. The first kappa shape index (κ1) is 14.2. The van der Waals surface area contributed by atoms with Gasteiger partial charge in [-0.1, -0.05) is 11.6 Å². The molecule has 1 saturated carbocycles. The van der Waals surface area contributed by atoms with Crippen molar-refractivity contribution in [3.8, 4) is 0 Å². The predicted octanol–water partition coefficient (Wildman–Crippen LogP) is 2.47. The van der Waals surface area contributed by atoms with Gasteiger partial charge in [0.25, 0.3) is 5.69 Å². The third-order valence-corrected chi connectivity index (χ3v) is 5.37. The number of benzene rings is 1. The minimum Gasteiger partial charge on any atom is -0.258 e. The van der Waals surface area contributed by atoms with Crippen LogP contribution in [0.5, 0.6) is 0 Å². The molecule has 0 atom stereocenters. The third-order valence-electron chi connectivity index (χ3n) is 3.25. The molecule has 0 saturated heterocycles. The largest absolute Gasteiger partial charge is 0.270 e. The second kappa shape index (κ2) is 4.73. The van der Waals surface area contributed by atoms with Gasteiger partial charge < -0.3 is 0 Å². The fourth-order valence-corrected chi connectivity index (χ4v) is 3.99. The first-order valence-electron chi connectivity index (χ1n) is 5.71. The van der Waals surface area contributed by atoms with Crippen molar-refractivity contribution < 1.29 is 13.3 Å². The van der Waals surface area contributed by atoms with Crippen LogP contribution in [-0.2, 0) is 10.0 Å². The quantitative estimate of drug-likeness (QED) is 0.683. The van der Waals surface area contributed by atoms with Crippen molar-refractivity contribution in [2.24, 2.45) is 0 Å². The highest BCUT2D eigenvalue weighted by atomic mass is 35.5. The lowest BCUT2D eigenvalue weighted by Crippen LogP contribution is -2.50. The number of hydrogen-bond acceptors (Lipinski definition) is 4. The number of halogens is 1. The smallest absolute Gasteiger partial charge is 0.258 e. The van der Waals surface area contributed by atoms with E-state index >= 15 is 0 Å². The molecule has 0 aliphatic heterocycles. The van der Waals surface area contributed by atoms with Crippen molar-refractivity contribution in [3.63, 3.8) is 0 Å². The second-order valence-corrected chi connectivity index (χ2v) is 6.95. The summed E-state index contributed by atoms with van der Waals surface area (Å²) in [5, 5.41) is 10.7. The van der Waals surface area contributed by atoms with Gasteiger partial charge in [0.2, 0.25) is 10.0 Å². The van der Waals surface area contributed by atoms with Gasteiger partial charge >= 0.3 is 0 Å². The molecule has 0 aromatic heterocycles. The molecular weight excluding hydrogens is 292 g/mol. The monoisotopic (exact) mass is 304 g/mol. The fraction of sp³-hybridized carbons (Fsp3) is 0.455. The lowest BCUT2D eigenvalue weighted by atomic mass is 9.80. The van der Waals surface area contributed by atoms with Crippen LogP contribution in [0.3, 0.4) is 0 Å². The Balaban J connectivity index is 2.39. The molecule has 2 rings (SSSR count). The minimum absolute atomic E-state index is 0.0268. The summed E-state index contributed by atoms with van der Waals surface area (Å²) in [6.45, 7) is 1.80. The number of nitrogens with zero attached hydrogens (tertiary/aromatic N) is 1. The van der Waals surface area contributed by atoms with Crippen LogP contribution in [0, 0.1) is 10.1 Å². The lowest BCUT2D eigenvalue weighted by Gasteiger charge is -2.38. The van der Waals surface area contributed by atoms with E-state index in [2.05, 4.69) is 4.72 Å². The first-order valence-corrected chi connectivity index (χ1v) is 7.58. The molecule has 1 fully saturated rings. The highest BCUT2D eigenvalue weighted by molar-refractivity contribution is 7.89. The van der Waals surface area contributed by atoms with Crippen molar-refractivity contribution >= 4 is 27.3 Å². The molecular formula is C11H13ClN2O4S. The molecule has 0 amide bonds. The van der Waals surface area contributed by atoms with Gasteiger partial charge in [0.05, 0.1) is 9.95 Å². The second-order valence-electron chi connectivity index (χ2n) is 4.89. The number of rotatable bonds is 4. The summed E-state index contributed by atoms with van der Waals surface area (Å²) in [6, 6.07) is 3.37. The summed E-state index contributed by atoms with van der Waals surface area (Å²) in [7, 11) is -3.85. The van der Waals surface area contributed by atoms with Gasteiger partial charge in [0, 0.05) is 17.7 Å². The zero-order chi connectivity index (χ0) is 14.3. The van der Waals surface area contributed by atoms with Crippen molar-refractivity contribution in [2.45, 2.75) is 36.6 Å². The summed E-state index contributed by atoms with van der Waals surface area (Å²) < 4.78 is 27.0. The Kier molecular flexibility index (Phi) is 3.55. The summed E-state index contributed by atoms with van der Waals surface area (Å²) in [5.74, 6) is 0. The molecule has 1 aliphatic rings. The minimum atomic E-state index is -3.85. The van der Waals surface area contributed by atoms with E-state index < -0.39 is 20.5 Å². The Morgan fingerprint density at radius 1 is 1.42 bits per heavy atom. The standard InChI is InChI=1S/C11H13ClN2O4S/c1-11(5-2-6-11)13-19(17,18)10-7-8(14(15)16)3-4-9(10)12/h3-4,7,13H,2,5-6H2,1H3. The highest BCUT2D eigenvalue weighted by Gasteiger charge is 2.37. The molecule has 8 heteroatoms. The molecule has 0 heterocycles. The predicted molar refractivity (Wildman–Crippen MR) is 70.7 cm³/mol. The van der Waals surface area contributed by atoms with E-state index in [-0.39, 0.29) is 15.6 Å². The number of hydrogen-bond donors (Lipinski definition) is 1. The average molecular weight is 305 g/mol. The van der Waals surface area contributed by atoms with Crippen LogP contribution in [0.2, 0.25) is 5.02 Å². The van der Waals surface area contributed by atoms with Gasteiger partial charge in [0.1, 0.15) is 4.90 Å². The van der Waals surface area contributed by atoms with Crippen molar-refractivity contribution in [1.82, 2.24) is 4.72 Å². The van der Waals surface area contributed by atoms with E-state index in [1.54, 1.807) is 6.92 Å². The van der Waals surface area contributed by atoms with Crippen LogP contribution < -0.4 is 4.72 Å². The van der Waals surface area contributed by atoms with E-state index in [1.807, 2.05) is 0 Å². The Bertz CT molecular complexity index is 626. The summed E-state index contributed by atoms with van der Waals surface area (Å²) >= 11 is 5.83. The van der Waals surface area contributed by atoms with Gasteiger partial charge in [-0.05, 0) is 32.3 Å². The van der Waals surface area contributed by atoms with Crippen molar-refractivity contribution in [1.29, 1.82) is 0 Å². The Labute approximate surface area is 116 Å². The summed E-state index contributed by atoms with van der Waals surface area (Å²) in [5.41, 5.74) is -0.782. The van der Waals surface area contributed by atoms with Gasteiger partial charge in [-0.3, -0.25) is 10.1 Å². The van der Waals surface area contributed by atoms with Gasteiger partial charge in [0.15, 0.2) is 0 Å². The van der Waals surface area contributed by atoms with Crippen molar-refractivity contribution in [3.05, 3.63) is 33.3 Å². The summed E-state index contributed by atoms with van der Waals surface area (Å²) in [6.07, 6.45) is 2.46.